The van der Waals surface area contributed by atoms with Crippen molar-refractivity contribution in [1.82, 2.24) is 20.4 Å². The predicted molar refractivity (Wildman–Crippen MR) is 132 cm³/mol. The zero-order valence-electron chi connectivity index (χ0n) is 20.3. The molecule has 1 fully saturated rings. The number of anilines is 1. The van der Waals surface area contributed by atoms with Crippen molar-refractivity contribution in [2.45, 2.75) is 39.3 Å². The van der Waals surface area contributed by atoms with Crippen LogP contribution in [0.5, 0.6) is 5.75 Å². The van der Waals surface area contributed by atoms with E-state index in [1.807, 2.05) is 44.2 Å². The molecule has 2 heterocycles. The van der Waals surface area contributed by atoms with Gasteiger partial charge in [-0.3, -0.25) is 14.5 Å². The zero-order chi connectivity index (χ0) is 24.8. The van der Waals surface area contributed by atoms with Gasteiger partial charge in [0.15, 0.2) is 0 Å². The first kappa shape index (κ1) is 24.4. The van der Waals surface area contributed by atoms with E-state index in [1.165, 1.54) is 0 Å². The maximum atomic E-state index is 13.1. The van der Waals surface area contributed by atoms with Gasteiger partial charge in [0, 0.05) is 18.2 Å². The van der Waals surface area contributed by atoms with Gasteiger partial charge in [-0.15, -0.1) is 0 Å². The van der Waals surface area contributed by atoms with E-state index in [0.717, 1.165) is 30.7 Å². The average Bonchev–Trinajstić information content (AvgIpc) is 3.32. The number of carbonyl (C=O) groups is 2. The van der Waals surface area contributed by atoms with Crippen molar-refractivity contribution in [3.63, 3.8) is 0 Å². The van der Waals surface area contributed by atoms with Crippen molar-refractivity contribution in [3.8, 4) is 17.1 Å². The molecule has 1 aromatic heterocycles. The Bertz CT molecular complexity index is 1160. The highest BCUT2D eigenvalue weighted by molar-refractivity contribution is 6.04. The number of hydrogen-bond donors (Lipinski definition) is 2. The van der Waals surface area contributed by atoms with E-state index >= 15 is 0 Å². The van der Waals surface area contributed by atoms with Crippen molar-refractivity contribution in [2.75, 3.05) is 25.5 Å². The van der Waals surface area contributed by atoms with Crippen LogP contribution in [0.3, 0.4) is 0 Å². The standard InChI is InChI=1S/C26H31N5O4/c1-17(2)27-26(33)21-8-4-5-9-22(21)28-25(32)19-7-6-14-31(15-19)16-23-29-24(30-35-23)18-10-12-20(34-3)13-11-18/h4-5,8-13,17,19H,6-7,14-16H2,1-3H3,(H,27,33)(H,28,32). The van der Waals surface area contributed by atoms with Crippen molar-refractivity contribution in [3.05, 3.63) is 60.0 Å². The molecule has 4 rings (SSSR count). The van der Waals surface area contributed by atoms with Gasteiger partial charge in [-0.2, -0.15) is 4.98 Å². The third kappa shape index (κ3) is 6.24. The summed E-state index contributed by atoms with van der Waals surface area (Å²) in [4.78, 5) is 32.3. The van der Waals surface area contributed by atoms with Crippen molar-refractivity contribution >= 4 is 17.5 Å². The van der Waals surface area contributed by atoms with Gasteiger partial charge in [0.25, 0.3) is 5.91 Å². The molecule has 1 aliphatic rings. The lowest BCUT2D eigenvalue weighted by molar-refractivity contribution is -0.121. The number of nitrogens with one attached hydrogen (secondary N) is 2. The molecule has 184 valence electrons. The van der Waals surface area contributed by atoms with Crippen LogP contribution in [0.25, 0.3) is 11.4 Å². The first-order chi connectivity index (χ1) is 16.9. The number of methoxy groups -OCH3 is 1. The van der Waals surface area contributed by atoms with Crippen LogP contribution in [0.4, 0.5) is 5.69 Å². The van der Waals surface area contributed by atoms with Crippen LogP contribution in [-0.4, -0.2) is 53.1 Å². The van der Waals surface area contributed by atoms with Gasteiger partial charge < -0.3 is 19.9 Å². The first-order valence-corrected chi connectivity index (χ1v) is 11.8. The topological polar surface area (TPSA) is 110 Å². The third-order valence-electron chi connectivity index (χ3n) is 5.90. The zero-order valence-corrected chi connectivity index (χ0v) is 20.3. The van der Waals surface area contributed by atoms with Crippen LogP contribution in [-0.2, 0) is 11.3 Å². The van der Waals surface area contributed by atoms with E-state index in [0.29, 0.717) is 36.1 Å². The maximum Gasteiger partial charge on any atom is 0.253 e. The van der Waals surface area contributed by atoms with E-state index < -0.39 is 0 Å². The maximum absolute atomic E-state index is 13.1. The molecule has 1 atom stereocenters. The van der Waals surface area contributed by atoms with E-state index in [2.05, 4.69) is 25.7 Å². The fourth-order valence-electron chi connectivity index (χ4n) is 4.15. The Morgan fingerprint density at radius 2 is 1.94 bits per heavy atom. The summed E-state index contributed by atoms with van der Waals surface area (Å²) < 4.78 is 10.7. The molecule has 0 spiro atoms. The summed E-state index contributed by atoms with van der Waals surface area (Å²) >= 11 is 0. The number of piperidine rings is 1. The number of para-hydroxylation sites is 1. The molecule has 0 saturated carbocycles. The number of hydrogen-bond acceptors (Lipinski definition) is 7. The number of aromatic nitrogens is 2. The summed E-state index contributed by atoms with van der Waals surface area (Å²) in [6.07, 6.45) is 1.66. The normalized spacial score (nSPS) is 16.2. The Balaban J connectivity index is 1.37. The monoisotopic (exact) mass is 477 g/mol. The minimum atomic E-state index is -0.203. The van der Waals surface area contributed by atoms with Gasteiger partial charge in [-0.25, -0.2) is 0 Å². The molecular weight excluding hydrogens is 446 g/mol. The Morgan fingerprint density at radius 3 is 2.69 bits per heavy atom. The molecule has 1 aliphatic heterocycles. The van der Waals surface area contributed by atoms with Crippen molar-refractivity contribution < 1.29 is 18.8 Å². The Morgan fingerprint density at radius 1 is 1.17 bits per heavy atom. The lowest BCUT2D eigenvalue weighted by Crippen LogP contribution is -2.40. The van der Waals surface area contributed by atoms with Crippen molar-refractivity contribution in [2.24, 2.45) is 5.92 Å². The van der Waals surface area contributed by atoms with Gasteiger partial charge in [-0.05, 0) is 69.6 Å². The second-order valence-corrected chi connectivity index (χ2v) is 8.98. The second-order valence-electron chi connectivity index (χ2n) is 8.98. The predicted octanol–water partition coefficient (Wildman–Crippen LogP) is 3.73. The fourth-order valence-corrected chi connectivity index (χ4v) is 4.15. The number of amides is 2. The molecule has 2 aromatic carbocycles. The number of likely N-dealkylation sites (tertiary alicyclic amines) is 1. The molecule has 9 nitrogen and oxygen atoms in total. The highest BCUT2D eigenvalue weighted by Crippen LogP contribution is 2.24. The molecule has 9 heteroatoms. The van der Waals surface area contributed by atoms with Gasteiger partial charge in [0.1, 0.15) is 5.75 Å². The van der Waals surface area contributed by atoms with E-state index in [-0.39, 0.29) is 23.8 Å². The molecule has 1 saturated heterocycles. The summed E-state index contributed by atoms with van der Waals surface area (Å²) in [5.74, 6) is 1.29. The summed E-state index contributed by atoms with van der Waals surface area (Å²) in [5.41, 5.74) is 1.82. The molecule has 2 amide bonds. The Kier molecular flexibility index (Phi) is 7.77. The van der Waals surface area contributed by atoms with E-state index in [9.17, 15) is 9.59 Å². The summed E-state index contributed by atoms with van der Waals surface area (Å²) in [5, 5.41) is 9.94. The first-order valence-electron chi connectivity index (χ1n) is 11.8. The van der Waals surface area contributed by atoms with Gasteiger partial charge in [0.2, 0.25) is 17.6 Å². The molecule has 0 radical (unpaired) electrons. The van der Waals surface area contributed by atoms with Crippen LogP contribution in [0.15, 0.2) is 53.1 Å². The number of carbonyl (C=O) groups excluding carboxylic acids is 2. The average molecular weight is 478 g/mol. The molecule has 2 N–H and O–H groups in total. The van der Waals surface area contributed by atoms with Gasteiger partial charge in [-0.1, -0.05) is 17.3 Å². The van der Waals surface area contributed by atoms with Crippen LogP contribution < -0.4 is 15.4 Å². The molecule has 0 aliphatic carbocycles. The summed E-state index contributed by atoms with van der Waals surface area (Å²) in [7, 11) is 1.62. The van der Waals surface area contributed by atoms with E-state index in [4.69, 9.17) is 9.26 Å². The third-order valence-corrected chi connectivity index (χ3v) is 5.90. The molecule has 1 unspecified atom stereocenters. The van der Waals surface area contributed by atoms with Crippen LogP contribution in [0.2, 0.25) is 0 Å². The molecular formula is C26H31N5O4. The Hall–Kier alpha value is -3.72. The highest BCUT2D eigenvalue weighted by atomic mass is 16.5. The lowest BCUT2D eigenvalue weighted by Gasteiger charge is -2.31. The quantitative estimate of drug-likeness (QED) is 0.509. The van der Waals surface area contributed by atoms with Gasteiger partial charge >= 0.3 is 0 Å². The fraction of sp³-hybridized carbons (Fsp3) is 0.385. The number of ether oxygens (including phenoxy) is 1. The summed E-state index contributed by atoms with van der Waals surface area (Å²) in [6, 6.07) is 14.6. The van der Waals surface area contributed by atoms with E-state index in [1.54, 1.807) is 25.3 Å². The van der Waals surface area contributed by atoms with Crippen molar-refractivity contribution in [1.29, 1.82) is 0 Å². The highest BCUT2D eigenvalue weighted by Gasteiger charge is 2.28. The molecule has 35 heavy (non-hydrogen) atoms. The number of nitrogens with zero attached hydrogens (tertiary/aromatic N) is 3. The number of rotatable bonds is 8. The lowest BCUT2D eigenvalue weighted by atomic mass is 9.96. The van der Waals surface area contributed by atoms with Crippen LogP contribution in [0, 0.1) is 5.92 Å². The second kappa shape index (κ2) is 11.1. The molecule has 0 bridgehead atoms. The number of benzene rings is 2. The smallest absolute Gasteiger partial charge is 0.253 e. The minimum absolute atomic E-state index is 0.00750. The largest absolute Gasteiger partial charge is 0.497 e. The Labute approximate surface area is 204 Å². The van der Waals surface area contributed by atoms with Crippen LogP contribution in [0.1, 0.15) is 42.9 Å². The van der Waals surface area contributed by atoms with Gasteiger partial charge in [0.05, 0.1) is 30.8 Å². The molecule has 3 aromatic rings. The SMILES string of the molecule is COc1ccc(-c2noc(CN3CCCC(C(=O)Nc4ccccc4C(=O)NC(C)C)C3)n2)cc1. The van der Waals surface area contributed by atoms with Crippen LogP contribution >= 0.6 is 0 Å². The minimum Gasteiger partial charge on any atom is -0.497 e. The summed E-state index contributed by atoms with van der Waals surface area (Å²) in [6.45, 7) is 5.70.